The molecular weight excluding hydrogens is 292 g/mol. The number of aliphatic carboxylic acids is 1. The quantitative estimate of drug-likeness (QED) is 0.857. The van der Waals surface area contributed by atoms with Crippen molar-refractivity contribution in [2.45, 2.75) is 50.1 Å². The lowest BCUT2D eigenvalue weighted by molar-refractivity contribution is -0.141. The van der Waals surface area contributed by atoms with Gasteiger partial charge in [-0.25, -0.2) is 9.59 Å². The van der Waals surface area contributed by atoms with Crippen molar-refractivity contribution in [3.63, 3.8) is 0 Å². The SMILES string of the molecule is CCCC1SCC(C(=O)O)N1C(=O)N(C)C1CCOCC1. The average molecular weight is 316 g/mol. The van der Waals surface area contributed by atoms with Gasteiger partial charge in [0.05, 0.1) is 5.37 Å². The largest absolute Gasteiger partial charge is 0.480 e. The van der Waals surface area contributed by atoms with E-state index in [-0.39, 0.29) is 17.4 Å². The van der Waals surface area contributed by atoms with E-state index in [0.29, 0.717) is 19.0 Å². The van der Waals surface area contributed by atoms with Crippen LogP contribution in [0.1, 0.15) is 32.6 Å². The smallest absolute Gasteiger partial charge is 0.327 e. The van der Waals surface area contributed by atoms with Gasteiger partial charge in [-0.1, -0.05) is 13.3 Å². The first kappa shape index (κ1) is 16.4. The molecule has 2 atom stereocenters. The van der Waals surface area contributed by atoms with Crippen LogP contribution in [0.5, 0.6) is 0 Å². The fourth-order valence-electron chi connectivity index (χ4n) is 2.89. The van der Waals surface area contributed by atoms with E-state index < -0.39 is 12.0 Å². The third kappa shape index (κ3) is 3.63. The molecule has 2 aliphatic rings. The third-order valence-corrected chi connectivity index (χ3v) is 5.53. The number of hydrogen-bond acceptors (Lipinski definition) is 4. The second-order valence-corrected chi connectivity index (χ2v) is 6.79. The van der Waals surface area contributed by atoms with Gasteiger partial charge in [-0.05, 0) is 19.3 Å². The van der Waals surface area contributed by atoms with Crippen LogP contribution >= 0.6 is 11.8 Å². The van der Waals surface area contributed by atoms with Crippen LogP contribution in [0.25, 0.3) is 0 Å². The first-order valence-electron chi connectivity index (χ1n) is 7.53. The summed E-state index contributed by atoms with van der Waals surface area (Å²) in [6.45, 7) is 3.38. The van der Waals surface area contributed by atoms with Gasteiger partial charge in [-0.2, -0.15) is 0 Å². The third-order valence-electron chi connectivity index (χ3n) is 4.17. The molecule has 6 nitrogen and oxygen atoms in total. The highest BCUT2D eigenvalue weighted by atomic mass is 32.2. The molecule has 0 aliphatic carbocycles. The van der Waals surface area contributed by atoms with E-state index in [2.05, 4.69) is 6.92 Å². The van der Waals surface area contributed by atoms with Crippen molar-refractivity contribution in [3.05, 3.63) is 0 Å². The van der Waals surface area contributed by atoms with Crippen LogP contribution in [0, 0.1) is 0 Å². The highest BCUT2D eigenvalue weighted by molar-refractivity contribution is 8.00. The summed E-state index contributed by atoms with van der Waals surface area (Å²) in [5.74, 6) is -0.428. The minimum absolute atomic E-state index is 0.0223. The van der Waals surface area contributed by atoms with Crippen molar-refractivity contribution in [2.75, 3.05) is 26.0 Å². The number of carbonyl (C=O) groups excluding carboxylic acids is 1. The van der Waals surface area contributed by atoms with Gasteiger partial charge in [0, 0.05) is 32.1 Å². The maximum Gasteiger partial charge on any atom is 0.327 e. The number of urea groups is 1. The summed E-state index contributed by atoms with van der Waals surface area (Å²) in [4.78, 5) is 27.5. The van der Waals surface area contributed by atoms with E-state index in [1.165, 1.54) is 0 Å². The Morgan fingerprint density at radius 3 is 2.62 bits per heavy atom. The van der Waals surface area contributed by atoms with Crippen LogP contribution in [0.3, 0.4) is 0 Å². The van der Waals surface area contributed by atoms with Crippen molar-refractivity contribution in [2.24, 2.45) is 0 Å². The molecule has 0 aromatic carbocycles. The predicted molar refractivity (Wildman–Crippen MR) is 81.4 cm³/mol. The maximum absolute atomic E-state index is 12.8. The molecule has 7 heteroatoms. The Labute approximate surface area is 129 Å². The zero-order valence-electron chi connectivity index (χ0n) is 12.7. The number of thioether (sulfide) groups is 1. The molecule has 2 rings (SSSR count). The number of carboxylic acids is 1. The van der Waals surface area contributed by atoms with E-state index in [1.807, 2.05) is 0 Å². The number of nitrogens with zero attached hydrogens (tertiary/aromatic N) is 2. The maximum atomic E-state index is 12.8. The summed E-state index contributed by atoms with van der Waals surface area (Å²) in [5.41, 5.74) is 0. The number of carbonyl (C=O) groups is 2. The number of ether oxygens (including phenoxy) is 1. The Morgan fingerprint density at radius 1 is 1.38 bits per heavy atom. The number of hydrogen-bond donors (Lipinski definition) is 1. The van der Waals surface area contributed by atoms with Gasteiger partial charge in [0.2, 0.25) is 0 Å². The first-order valence-corrected chi connectivity index (χ1v) is 8.58. The summed E-state index contributed by atoms with van der Waals surface area (Å²) in [7, 11) is 1.78. The summed E-state index contributed by atoms with van der Waals surface area (Å²) >= 11 is 1.58. The van der Waals surface area contributed by atoms with Gasteiger partial charge in [0.1, 0.15) is 6.04 Å². The monoisotopic (exact) mass is 316 g/mol. The van der Waals surface area contributed by atoms with Crippen molar-refractivity contribution in [1.82, 2.24) is 9.80 Å². The highest BCUT2D eigenvalue weighted by Crippen LogP contribution is 2.33. The molecular formula is C14H24N2O4S. The van der Waals surface area contributed by atoms with Crippen LogP contribution in [-0.2, 0) is 9.53 Å². The zero-order valence-corrected chi connectivity index (χ0v) is 13.5. The van der Waals surface area contributed by atoms with Crippen molar-refractivity contribution < 1.29 is 19.4 Å². The Morgan fingerprint density at radius 2 is 2.05 bits per heavy atom. The van der Waals surface area contributed by atoms with E-state index >= 15 is 0 Å². The summed E-state index contributed by atoms with van der Waals surface area (Å²) in [6, 6.07) is -0.715. The van der Waals surface area contributed by atoms with Gasteiger partial charge in [-0.15, -0.1) is 11.8 Å². The van der Waals surface area contributed by atoms with E-state index in [0.717, 1.165) is 25.7 Å². The highest BCUT2D eigenvalue weighted by Gasteiger charge is 2.43. The van der Waals surface area contributed by atoms with Crippen LogP contribution in [0.15, 0.2) is 0 Å². The lowest BCUT2D eigenvalue weighted by atomic mass is 10.1. The van der Waals surface area contributed by atoms with E-state index in [1.54, 1.807) is 28.6 Å². The lowest BCUT2D eigenvalue weighted by Gasteiger charge is -2.37. The van der Waals surface area contributed by atoms with Crippen LogP contribution in [0.4, 0.5) is 4.79 Å². The first-order chi connectivity index (χ1) is 10.1. The Bertz CT molecular complexity index is 387. The normalized spacial score (nSPS) is 26.9. The molecule has 0 radical (unpaired) electrons. The molecule has 0 saturated carbocycles. The minimum Gasteiger partial charge on any atom is -0.480 e. The van der Waals surface area contributed by atoms with E-state index in [4.69, 9.17) is 4.74 Å². The molecule has 120 valence electrons. The summed E-state index contributed by atoms with van der Waals surface area (Å²) in [5, 5.41) is 9.34. The van der Waals surface area contributed by atoms with Gasteiger partial charge in [0.25, 0.3) is 0 Å². The number of amides is 2. The molecule has 2 aliphatic heterocycles. The predicted octanol–water partition coefficient (Wildman–Crippen LogP) is 1.85. The Hall–Kier alpha value is -0.950. The summed E-state index contributed by atoms with van der Waals surface area (Å²) in [6.07, 6.45) is 3.41. The van der Waals surface area contributed by atoms with Gasteiger partial charge in [-0.3, -0.25) is 4.90 Å². The van der Waals surface area contributed by atoms with Gasteiger partial charge in [0.15, 0.2) is 0 Å². The molecule has 0 spiro atoms. The number of rotatable bonds is 4. The van der Waals surface area contributed by atoms with Crippen molar-refractivity contribution >= 4 is 23.8 Å². The Balaban J connectivity index is 2.09. The van der Waals surface area contributed by atoms with Gasteiger partial charge < -0.3 is 14.7 Å². The van der Waals surface area contributed by atoms with Crippen molar-refractivity contribution in [1.29, 1.82) is 0 Å². The standard InChI is InChI=1S/C14H24N2O4S/c1-3-4-12-16(11(9-21-12)13(17)18)14(19)15(2)10-5-7-20-8-6-10/h10-12H,3-9H2,1-2H3,(H,17,18). The topological polar surface area (TPSA) is 70.1 Å². The average Bonchev–Trinajstić information content (AvgIpc) is 2.91. The second-order valence-electron chi connectivity index (χ2n) is 5.57. The lowest BCUT2D eigenvalue weighted by Crippen LogP contribution is -2.53. The van der Waals surface area contributed by atoms with Crippen LogP contribution in [-0.4, -0.2) is 70.4 Å². The minimum atomic E-state index is -0.908. The molecule has 0 aromatic rings. The molecule has 0 bridgehead atoms. The zero-order chi connectivity index (χ0) is 15.4. The molecule has 2 fully saturated rings. The number of carboxylic acid groups (broad SMARTS) is 1. The second kappa shape index (κ2) is 7.35. The van der Waals surface area contributed by atoms with Crippen LogP contribution < -0.4 is 0 Å². The molecule has 2 heterocycles. The molecule has 2 unspecified atom stereocenters. The fraction of sp³-hybridized carbons (Fsp3) is 0.857. The molecule has 2 saturated heterocycles. The molecule has 2 amide bonds. The van der Waals surface area contributed by atoms with Crippen molar-refractivity contribution in [3.8, 4) is 0 Å². The van der Waals surface area contributed by atoms with E-state index in [9.17, 15) is 14.7 Å². The molecule has 0 aromatic heterocycles. The summed E-state index contributed by atoms with van der Waals surface area (Å²) < 4.78 is 5.32. The molecule has 21 heavy (non-hydrogen) atoms. The van der Waals surface area contributed by atoms with Crippen LogP contribution in [0.2, 0.25) is 0 Å². The Kier molecular flexibility index (Phi) is 5.75. The fourth-order valence-corrected chi connectivity index (χ4v) is 4.40. The van der Waals surface area contributed by atoms with Gasteiger partial charge >= 0.3 is 12.0 Å². The molecule has 1 N–H and O–H groups in total.